The molecule has 0 aliphatic heterocycles. The van der Waals surface area contributed by atoms with E-state index in [4.69, 9.17) is 21.3 Å². The number of nitrogens with two attached hydrogens (primary N) is 1. The zero-order valence-corrected chi connectivity index (χ0v) is 12.9. The maximum Gasteiger partial charge on any atom is 0.142 e. The fourth-order valence-corrected chi connectivity index (χ4v) is 2.10. The predicted octanol–water partition coefficient (Wildman–Crippen LogP) is 3.88. The molecule has 0 bridgehead atoms. The minimum Gasteiger partial charge on any atom is -0.492 e. The van der Waals surface area contributed by atoms with Crippen LogP contribution in [-0.4, -0.2) is 23.7 Å². The Labute approximate surface area is 130 Å². The highest BCUT2D eigenvalue weighted by Crippen LogP contribution is 2.19. The summed E-state index contributed by atoms with van der Waals surface area (Å²) in [4.78, 5) is 4.45. The number of unbranched alkanes of at least 4 members (excludes halogenated alkanes) is 2. The van der Waals surface area contributed by atoms with Gasteiger partial charge in [0.2, 0.25) is 0 Å². The molecular formula is C17H22N4O. The molecule has 0 amide bonds. The smallest absolute Gasteiger partial charge is 0.142 e. The van der Waals surface area contributed by atoms with Gasteiger partial charge < -0.3 is 21.3 Å². The first-order chi connectivity index (χ1) is 10.6. The molecule has 0 atom stereocenters. The van der Waals surface area contributed by atoms with Crippen molar-refractivity contribution in [2.24, 2.45) is 4.99 Å². The van der Waals surface area contributed by atoms with Gasteiger partial charge in [-0.3, -0.25) is 0 Å². The van der Waals surface area contributed by atoms with Crippen molar-refractivity contribution in [1.29, 1.82) is 10.8 Å². The van der Waals surface area contributed by atoms with Gasteiger partial charge in [-0.05, 0) is 30.7 Å². The molecular weight excluding hydrogens is 276 g/mol. The Balaban J connectivity index is 2.14. The minimum atomic E-state index is 0.257. The molecule has 0 unspecified atom stereocenters. The molecule has 116 valence electrons. The van der Waals surface area contributed by atoms with Crippen molar-refractivity contribution < 1.29 is 4.74 Å². The molecule has 0 saturated heterocycles. The largest absolute Gasteiger partial charge is 0.492 e. The molecule has 1 aliphatic rings. The lowest BCUT2D eigenvalue weighted by Crippen LogP contribution is -2.24. The third-order valence-electron chi connectivity index (χ3n) is 3.38. The summed E-state index contributed by atoms with van der Waals surface area (Å²) in [5, 5.41) is 16.0. The van der Waals surface area contributed by atoms with Gasteiger partial charge in [0, 0.05) is 18.2 Å². The molecule has 1 aromatic rings. The molecule has 0 radical (unpaired) electrons. The molecule has 4 N–H and O–H groups in total. The zero-order chi connectivity index (χ0) is 15.9. The number of nitrogens with zero attached hydrogens (tertiary/aromatic N) is 1. The van der Waals surface area contributed by atoms with E-state index in [1.807, 2.05) is 12.1 Å². The quantitative estimate of drug-likeness (QED) is 0.549. The molecule has 22 heavy (non-hydrogen) atoms. The van der Waals surface area contributed by atoms with E-state index >= 15 is 0 Å². The third kappa shape index (κ3) is 4.28. The molecule has 5 nitrogen and oxygen atoms in total. The van der Waals surface area contributed by atoms with E-state index in [1.54, 1.807) is 18.2 Å². The average Bonchev–Trinajstić information content (AvgIpc) is 2.50. The number of allylic oxidation sites excluding steroid dienone is 2. The molecule has 0 fully saturated rings. The van der Waals surface area contributed by atoms with Gasteiger partial charge in [-0.1, -0.05) is 19.8 Å². The summed E-state index contributed by atoms with van der Waals surface area (Å²) in [6.07, 6.45) is 5.17. The Morgan fingerprint density at radius 3 is 2.55 bits per heavy atom. The highest BCUT2D eigenvalue weighted by atomic mass is 16.5. The highest BCUT2D eigenvalue weighted by molar-refractivity contribution is 6.51. The third-order valence-corrected chi connectivity index (χ3v) is 3.38. The Bertz CT molecular complexity index is 614. The van der Waals surface area contributed by atoms with E-state index < -0.39 is 0 Å². The second-order valence-corrected chi connectivity index (χ2v) is 5.29. The fraction of sp³-hybridized carbons (Fsp3) is 0.353. The van der Waals surface area contributed by atoms with Crippen LogP contribution in [0.3, 0.4) is 0 Å². The summed E-state index contributed by atoms with van der Waals surface area (Å²) in [5.74, 6) is 0.529. The van der Waals surface area contributed by atoms with Crippen LogP contribution in [0.4, 0.5) is 11.4 Å². The van der Waals surface area contributed by atoms with E-state index in [9.17, 15) is 0 Å². The first-order valence-corrected chi connectivity index (χ1v) is 7.54. The first kappa shape index (κ1) is 15.9. The van der Waals surface area contributed by atoms with Crippen LogP contribution < -0.4 is 5.73 Å². The van der Waals surface area contributed by atoms with Crippen LogP contribution in [-0.2, 0) is 4.74 Å². The number of hydrogen-bond acceptors (Lipinski definition) is 5. The molecule has 0 heterocycles. The summed E-state index contributed by atoms with van der Waals surface area (Å²) in [7, 11) is 0. The van der Waals surface area contributed by atoms with Crippen molar-refractivity contribution >= 4 is 28.5 Å². The lowest BCUT2D eigenvalue weighted by Gasteiger charge is -2.17. The lowest BCUT2D eigenvalue weighted by molar-refractivity contribution is 0.223. The highest BCUT2D eigenvalue weighted by Gasteiger charge is 2.20. The first-order valence-electron chi connectivity index (χ1n) is 7.54. The number of nitrogens with one attached hydrogen (secondary N) is 2. The van der Waals surface area contributed by atoms with Gasteiger partial charge in [-0.15, -0.1) is 0 Å². The van der Waals surface area contributed by atoms with Crippen LogP contribution >= 0.6 is 0 Å². The number of rotatable bonds is 6. The normalized spacial score (nSPS) is 16.8. The second kappa shape index (κ2) is 7.54. The van der Waals surface area contributed by atoms with Crippen molar-refractivity contribution in [2.75, 3.05) is 12.3 Å². The molecule has 1 aromatic carbocycles. The Kier molecular flexibility index (Phi) is 5.47. The van der Waals surface area contributed by atoms with Crippen LogP contribution in [0.5, 0.6) is 0 Å². The Hall–Kier alpha value is -2.43. The standard InChI is InChI=1S/C17H22N4O/c1-2-3-4-9-22-17-11-16(14(19)10-15(17)20)21-13-7-5-12(18)6-8-13/h5-8,11,19-20H,2-4,9-10,18H2,1H3. The van der Waals surface area contributed by atoms with Crippen molar-refractivity contribution in [3.63, 3.8) is 0 Å². The Morgan fingerprint density at radius 2 is 1.86 bits per heavy atom. The van der Waals surface area contributed by atoms with Crippen molar-refractivity contribution in [1.82, 2.24) is 0 Å². The maximum atomic E-state index is 8.00. The predicted molar refractivity (Wildman–Crippen MR) is 91.6 cm³/mol. The molecule has 1 aliphatic carbocycles. The van der Waals surface area contributed by atoms with E-state index in [0.717, 1.165) is 24.9 Å². The summed E-state index contributed by atoms with van der Waals surface area (Å²) < 4.78 is 5.67. The van der Waals surface area contributed by atoms with E-state index in [1.165, 1.54) is 0 Å². The second-order valence-electron chi connectivity index (χ2n) is 5.29. The molecule has 2 rings (SSSR count). The van der Waals surface area contributed by atoms with Crippen LogP contribution in [0.25, 0.3) is 0 Å². The lowest BCUT2D eigenvalue weighted by atomic mass is 9.99. The van der Waals surface area contributed by atoms with E-state index in [0.29, 0.717) is 35.2 Å². The van der Waals surface area contributed by atoms with Gasteiger partial charge in [-0.25, -0.2) is 4.99 Å². The van der Waals surface area contributed by atoms with Crippen molar-refractivity contribution in [3.8, 4) is 0 Å². The molecule has 0 aromatic heterocycles. The molecule has 0 spiro atoms. The average molecular weight is 298 g/mol. The summed E-state index contributed by atoms with van der Waals surface area (Å²) in [6.45, 7) is 2.74. The molecule has 0 saturated carbocycles. The minimum absolute atomic E-state index is 0.257. The monoisotopic (exact) mass is 298 g/mol. The maximum absolute atomic E-state index is 8.00. The number of nitrogen functional groups attached to an aromatic ring is 1. The van der Waals surface area contributed by atoms with E-state index in [-0.39, 0.29) is 6.42 Å². The van der Waals surface area contributed by atoms with E-state index in [2.05, 4.69) is 11.9 Å². The van der Waals surface area contributed by atoms with Crippen LogP contribution in [0.15, 0.2) is 41.1 Å². The van der Waals surface area contributed by atoms with Gasteiger partial charge in [0.25, 0.3) is 0 Å². The van der Waals surface area contributed by atoms with Gasteiger partial charge in [0.15, 0.2) is 0 Å². The SMILES string of the molecule is CCCCCOC1=CC(=Nc2ccc(N)cc2)C(=N)CC1=N. The number of anilines is 1. The van der Waals surface area contributed by atoms with Gasteiger partial charge in [-0.2, -0.15) is 0 Å². The Morgan fingerprint density at radius 1 is 1.14 bits per heavy atom. The van der Waals surface area contributed by atoms with Gasteiger partial charge >= 0.3 is 0 Å². The van der Waals surface area contributed by atoms with Crippen molar-refractivity contribution in [2.45, 2.75) is 32.6 Å². The summed E-state index contributed by atoms with van der Waals surface area (Å²) >= 11 is 0. The number of benzene rings is 1. The summed E-state index contributed by atoms with van der Waals surface area (Å²) in [6, 6.07) is 7.18. The topological polar surface area (TPSA) is 95.3 Å². The molecule has 5 heteroatoms. The number of ether oxygens (including phenoxy) is 1. The number of hydrogen-bond donors (Lipinski definition) is 3. The van der Waals surface area contributed by atoms with Crippen LogP contribution in [0.2, 0.25) is 0 Å². The zero-order valence-electron chi connectivity index (χ0n) is 12.9. The van der Waals surface area contributed by atoms with Gasteiger partial charge in [0.1, 0.15) is 5.76 Å². The summed E-state index contributed by atoms with van der Waals surface area (Å²) in [5.41, 5.74) is 8.30. The van der Waals surface area contributed by atoms with Gasteiger partial charge in [0.05, 0.1) is 29.4 Å². The van der Waals surface area contributed by atoms with Crippen LogP contribution in [0.1, 0.15) is 32.6 Å². The van der Waals surface area contributed by atoms with Crippen LogP contribution in [0, 0.1) is 10.8 Å². The number of aliphatic imine (C=N–C) groups is 1. The fourth-order valence-electron chi connectivity index (χ4n) is 2.10. The van der Waals surface area contributed by atoms with Crippen molar-refractivity contribution in [3.05, 3.63) is 36.1 Å².